The van der Waals surface area contributed by atoms with E-state index in [0.29, 0.717) is 0 Å². The molecule has 0 heterocycles. The number of carbonyl (C=O) groups is 1. The quantitative estimate of drug-likeness (QED) is 0.388. The van der Waals surface area contributed by atoms with Crippen molar-refractivity contribution in [1.29, 1.82) is 0 Å². The Bertz CT molecular complexity index is 88.5. The third kappa shape index (κ3) is 1.69. The largest absolute Gasteiger partial charge is 0.304 e. The number of aldehydes is 1. The maximum atomic E-state index is 9.94. The molecule has 1 saturated carbocycles. The van der Waals surface area contributed by atoms with E-state index in [2.05, 4.69) is 0 Å². The zero-order valence-electron chi connectivity index (χ0n) is 4.84. The Balaban J connectivity index is 2.06. The van der Waals surface area contributed by atoms with Crippen molar-refractivity contribution in [2.45, 2.75) is 25.1 Å². The van der Waals surface area contributed by atoms with Gasteiger partial charge in [0.2, 0.25) is 0 Å². The number of hydrogen-bond donors (Lipinski definition) is 0. The van der Waals surface area contributed by atoms with E-state index in [1.807, 2.05) is 0 Å². The zero-order valence-corrected chi connectivity index (χ0v) is 4.84. The summed E-state index contributed by atoms with van der Waals surface area (Å²) in [5, 5.41) is 0. The van der Waals surface area contributed by atoms with Gasteiger partial charge in [0.1, 0.15) is 6.29 Å². The Morgan fingerprint density at radius 1 is 1.75 bits per heavy atom. The minimum Gasteiger partial charge on any atom is -0.304 e. The standard InChI is InChI=1S/C6H9BO/c7-6(4-8)3-5-1-2-5/h4-6H,1-3H2. The molecular formula is C6H9BO. The van der Waals surface area contributed by atoms with Crippen LogP contribution in [0.4, 0.5) is 0 Å². The molecule has 2 radical (unpaired) electrons. The second-order valence-electron chi connectivity index (χ2n) is 2.48. The van der Waals surface area contributed by atoms with Crippen LogP contribution in [0.15, 0.2) is 0 Å². The van der Waals surface area contributed by atoms with E-state index in [-0.39, 0.29) is 5.82 Å². The van der Waals surface area contributed by atoms with Gasteiger partial charge >= 0.3 is 0 Å². The van der Waals surface area contributed by atoms with Gasteiger partial charge in [-0.25, -0.2) is 0 Å². The minimum absolute atomic E-state index is 0.192. The van der Waals surface area contributed by atoms with Gasteiger partial charge in [0, 0.05) is 0 Å². The Kier molecular flexibility index (Phi) is 1.71. The van der Waals surface area contributed by atoms with Crippen LogP contribution < -0.4 is 0 Å². The molecule has 1 aliphatic carbocycles. The van der Waals surface area contributed by atoms with Gasteiger partial charge in [0.05, 0.1) is 7.85 Å². The van der Waals surface area contributed by atoms with Crippen molar-refractivity contribution in [3.05, 3.63) is 0 Å². The van der Waals surface area contributed by atoms with E-state index < -0.39 is 0 Å². The average molecular weight is 108 g/mol. The SMILES string of the molecule is [B]C(C=O)CC1CC1. The summed E-state index contributed by atoms with van der Waals surface area (Å²) >= 11 is 0. The number of hydrogen-bond acceptors (Lipinski definition) is 1. The Morgan fingerprint density at radius 2 is 2.38 bits per heavy atom. The highest BCUT2D eigenvalue weighted by Crippen LogP contribution is 2.35. The van der Waals surface area contributed by atoms with Crippen molar-refractivity contribution in [3.63, 3.8) is 0 Å². The summed E-state index contributed by atoms with van der Waals surface area (Å²) in [6.45, 7) is 0. The summed E-state index contributed by atoms with van der Waals surface area (Å²) in [5.41, 5.74) is 0. The van der Waals surface area contributed by atoms with Crippen molar-refractivity contribution in [3.8, 4) is 0 Å². The Labute approximate surface area is 50.9 Å². The molecule has 1 atom stereocenters. The van der Waals surface area contributed by atoms with Gasteiger partial charge in [-0.05, 0) is 18.2 Å². The van der Waals surface area contributed by atoms with Crippen molar-refractivity contribution in [2.24, 2.45) is 5.92 Å². The van der Waals surface area contributed by atoms with E-state index in [1.54, 1.807) is 0 Å². The molecule has 1 fully saturated rings. The summed E-state index contributed by atoms with van der Waals surface area (Å²) in [7, 11) is 5.35. The number of rotatable bonds is 3. The molecule has 0 spiro atoms. The van der Waals surface area contributed by atoms with Crippen molar-refractivity contribution in [1.82, 2.24) is 0 Å². The molecule has 42 valence electrons. The fraction of sp³-hybridized carbons (Fsp3) is 0.833. The molecule has 1 nitrogen and oxygen atoms in total. The average Bonchev–Trinajstić information content (AvgIpc) is 2.50. The molecule has 8 heavy (non-hydrogen) atoms. The first kappa shape index (κ1) is 5.86. The molecule has 0 saturated heterocycles. The molecule has 0 bridgehead atoms. The lowest BCUT2D eigenvalue weighted by Gasteiger charge is -1.97. The smallest absolute Gasteiger partial charge is 0.114 e. The van der Waals surface area contributed by atoms with Crippen LogP contribution in [0, 0.1) is 5.92 Å². The molecule has 0 amide bonds. The van der Waals surface area contributed by atoms with Crippen LogP contribution in [0.5, 0.6) is 0 Å². The van der Waals surface area contributed by atoms with E-state index in [0.717, 1.165) is 18.6 Å². The molecule has 1 aliphatic rings. The lowest BCUT2D eigenvalue weighted by atomic mass is 9.84. The lowest BCUT2D eigenvalue weighted by Crippen LogP contribution is -1.93. The number of carbonyl (C=O) groups excluding carboxylic acids is 1. The molecule has 0 aromatic rings. The van der Waals surface area contributed by atoms with Crippen LogP contribution in [0.3, 0.4) is 0 Å². The third-order valence-corrected chi connectivity index (χ3v) is 1.48. The van der Waals surface area contributed by atoms with E-state index in [9.17, 15) is 4.79 Å². The summed E-state index contributed by atoms with van der Waals surface area (Å²) in [4.78, 5) is 9.94. The molecule has 0 N–H and O–H groups in total. The first-order valence-corrected chi connectivity index (χ1v) is 3.04. The van der Waals surface area contributed by atoms with Crippen LogP contribution in [-0.4, -0.2) is 14.1 Å². The van der Waals surface area contributed by atoms with Crippen LogP contribution in [-0.2, 0) is 4.79 Å². The Hall–Kier alpha value is -0.265. The van der Waals surface area contributed by atoms with Gasteiger partial charge in [-0.3, -0.25) is 0 Å². The molecule has 1 unspecified atom stereocenters. The van der Waals surface area contributed by atoms with Gasteiger partial charge in [-0.1, -0.05) is 12.8 Å². The first-order chi connectivity index (χ1) is 3.83. The Morgan fingerprint density at radius 3 is 2.75 bits per heavy atom. The van der Waals surface area contributed by atoms with Crippen LogP contribution in [0.2, 0.25) is 5.82 Å². The fourth-order valence-electron chi connectivity index (χ4n) is 0.794. The van der Waals surface area contributed by atoms with Gasteiger partial charge < -0.3 is 4.79 Å². The topological polar surface area (TPSA) is 17.1 Å². The maximum absolute atomic E-state index is 9.94. The fourth-order valence-corrected chi connectivity index (χ4v) is 0.794. The lowest BCUT2D eigenvalue weighted by molar-refractivity contribution is -0.107. The highest BCUT2D eigenvalue weighted by atomic mass is 16.1. The predicted octanol–water partition coefficient (Wildman–Crippen LogP) is 0.942. The monoisotopic (exact) mass is 108 g/mol. The zero-order chi connectivity index (χ0) is 5.98. The summed E-state index contributed by atoms with van der Waals surface area (Å²) in [6, 6.07) is 0. The highest BCUT2D eigenvalue weighted by Gasteiger charge is 2.22. The summed E-state index contributed by atoms with van der Waals surface area (Å²) in [6.07, 6.45) is 4.30. The van der Waals surface area contributed by atoms with Crippen LogP contribution in [0.25, 0.3) is 0 Å². The molecule has 2 heteroatoms. The van der Waals surface area contributed by atoms with Crippen molar-refractivity contribution < 1.29 is 4.79 Å². The predicted molar refractivity (Wildman–Crippen MR) is 32.9 cm³/mol. The van der Waals surface area contributed by atoms with Gasteiger partial charge in [0.15, 0.2) is 0 Å². The van der Waals surface area contributed by atoms with Crippen LogP contribution in [0.1, 0.15) is 19.3 Å². The van der Waals surface area contributed by atoms with E-state index >= 15 is 0 Å². The maximum Gasteiger partial charge on any atom is 0.114 e. The van der Waals surface area contributed by atoms with Crippen molar-refractivity contribution in [2.75, 3.05) is 0 Å². The molecule has 0 aromatic carbocycles. The van der Waals surface area contributed by atoms with E-state index in [1.165, 1.54) is 12.8 Å². The first-order valence-electron chi connectivity index (χ1n) is 3.04. The van der Waals surface area contributed by atoms with Crippen molar-refractivity contribution >= 4 is 14.1 Å². The normalized spacial score (nSPS) is 22.5. The molecule has 0 aliphatic heterocycles. The van der Waals surface area contributed by atoms with Gasteiger partial charge in [-0.15, -0.1) is 0 Å². The minimum atomic E-state index is -0.192. The highest BCUT2D eigenvalue weighted by molar-refractivity contribution is 6.19. The summed E-state index contributed by atoms with van der Waals surface area (Å²) in [5.74, 6) is 0.581. The van der Waals surface area contributed by atoms with Gasteiger partial charge in [0.25, 0.3) is 0 Å². The third-order valence-electron chi connectivity index (χ3n) is 1.48. The molecular weight excluding hydrogens is 98.9 g/mol. The second kappa shape index (κ2) is 2.34. The molecule has 1 rings (SSSR count). The van der Waals surface area contributed by atoms with E-state index in [4.69, 9.17) is 7.85 Å². The van der Waals surface area contributed by atoms with Crippen LogP contribution >= 0.6 is 0 Å². The molecule has 0 aromatic heterocycles. The second-order valence-corrected chi connectivity index (χ2v) is 2.48. The van der Waals surface area contributed by atoms with Gasteiger partial charge in [-0.2, -0.15) is 0 Å². The summed E-state index contributed by atoms with van der Waals surface area (Å²) < 4.78 is 0.